The molecule has 3 aromatic carbocycles. The van der Waals surface area contributed by atoms with Gasteiger partial charge in [-0.3, -0.25) is 45.3 Å². The summed E-state index contributed by atoms with van der Waals surface area (Å²) in [7, 11) is 0. The molecule has 0 radical (unpaired) electrons. The van der Waals surface area contributed by atoms with E-state index in [-0.39, 0.29) is 22.5 Å². The van der Waals surface area contributed by atoms with Gasteiger partial charge in [0, 0.05) is 34.9 Å². The molecule has 0 amide bonds. The van der Waals surface area contributed by atoms with Gasteiger partial charge in [0.25, 0.3) is 22.7 Å². The van der Waals surface area contributed by atoms with E-state index in [1.807, 2.05) is 0 Å². The maximum atomic E-state index is 12.3. The van der Waals surface area contributed by atoms with Crippen molar-refractivity contribution >= 4 is 28.5 Å². The molecule has 4 rings (SSSR count). The molecule has 0 aliphatic heterocycles. The highest BCUT2D eigenvalue weighted by Crippen LogP contribution is 2.44. The largest absolute Gasteiger partial charge is 0.289 e. The Hall–Kier alpha value is -5.07. The first-order chi connectivity index (χ1) is 15.5. The number of carbonyl (C=O) groups is 1. The number of benzene rings is 3. The van der Waals surface area contributed by atoms with Gasteiger partial charge in [-0.25, -0.2) is 0 Å². The van der Waals surface area contributed by atoms with E-state index < -0.39 is 36.9 Å². The van der Waals surface area contributed by atoms with Gasteiger partial charge in [0.05, 0.1) is 37.4 Å². The number of hydrogen-bond acceptors (Lipinski definition) is 9. The summed E-state index contributed by atoms with van der Waals surface area (Å²) >= 11 is 0. The molecule has 1 aliphatic rings. The van der Waals surface area contributed by atoms with E-state index >= 15 is 0 Å². The number of carbonyl (C=O) groups excluding carboxylic acids is 1. The summed E-state index contributed by atoms with van der Waals surface area (Å²) in [5, 5.41) is 42.4. The average molecular weight is 452 g/mol. The molecular weight excluding hydrogens is 440 g/mol. The minimum atomic E-state index is -0.741. The fraction of sp³-hybridized carbons (Fsp3) is 0.0500. The number of hydrogen-bond donors (Lipinski definition) is 0. The molecule has 0 saturated heterocycles. The van der Waals surface area contributed by atoms with Crippen LogP contribution in [0.5, 0.6) is 0 Å². The normalized spacial score (nSPS) is 11.0. The Morgan fingerprint density at radius 1 is 0.606 bits per heavy atom. The summed E-state index contributed by atoms with van der Waals surface area (Å²) < 4.78 is 0. The van der Waals surface area contributed by atoms with Crippen molar-refractivity contribution < 1.29 is 24.5 Å². The predicted molar refractivity (Wildman–Crippen MR) is 113 cm³/mol. The predicted octanol–water partition coefficient (Wildman–Crippen LogP) is 4.53. The van der Waals surface area contributed by atoms with Crippen LogP contribution in [0.4, 0.5) is 22.7 Å². The van der Waals surface area contributed by atoms with E-state index in [2.05, 4.69) is 0 Å². The van der Waals surface area contributed by atoms with Crippen LogP contribution in [0.2, 0.25) is 0 Å². The monoisotopic (exact) mass is 452 g/mol. The Labute approximate surface area is 183 Å². The molecule has 166 valence electrons. The number of nitrogens with zero attached hydrogens (tertiary/aromatic N) is 4. The fourth-order valence-corrected chi connectivity index (χ4v) is 3.25. The summed E-state index contributed by atoms with van der Waals surface area (Å²) in [6.45, 7) is 1.80. The lowest BCUT2D eigenvalue weighted by Gasteiger charge is -2.02. The number of ketones is 1. The Kier molecular flexibility index (Phi) is 5.88. The van der Waals surface area contributed by atoms with E-state index in [0.717, 1.165) is 23.8 Å². The molecule has 0 spiro atoms. The van der Waals surface area contributed by atoms with Gasteiger partial charge in [-0.2, -0.15) is 0 Å². The molecule has 0 bridgehead atoms. The lowest BCUT2D eigenvalue weighted by atomic mass is 10.0. The van der Waals surface area contributed by atoms with Gasteiger partial charge in [-0.05, 0) is 19.1 Å². The molecule has 33 heavy (non-hydrogen) atoms. The third-order valence-electron chi connectivity index (χ3n) is 4.69. The summed E-state index contributed by atoms with van der Waals surface area (Å²) in [6, 6.07) is 11.6. The zero-order valence-corrected chi connectivity index (χ0v) is 16.7. The van der Waals surface area contributed by atoms with Crippen molar-refractivity contribution in [1.82, 2.24) is 0 Å². The van der Waals surface area contributed by atoms with Gasteiger partial charge in [0.15, 0.2) is 5.78 Å². The van der Waals surface area contributed by atoms with Gasteiger partial charge >= 0.3 is 0 Å². The molecule has 3 aromatic rings. The van der Waals surface area contributed by atoms with Gasteiger partial charge in [-0.15, -0.1) is 0 Å². The third kappa shape index (κ3) is 4.36. The van der Waals surface area contributed by atoms with Crippen LogP contribution in [-0.2, 0) is 0 Å². The summed E-state index contributed by atoms with van der Waals surface area (Å²) in [5.41, 5.74) is 0.367. The van der Waals surface area contributed by atoms with Crippen molar-refractivity contribution in [3.8, 4) is 11.1 Å². The number of nitro benzene ring substituents is 4. The minimum absolute atomic E-state index is 0.0106. The van der Waals surface area contributed by atoms with Crippen LogP contribution < -0.4 is 0 Å². The number of rotatable bonds is 4. The maximum absolute atomic E-state index is 12.3. The first-order valence-corrected chi connectivity index (χ1v) is 9.02. The van der Waals surface area contributed by atoms with Crippen molar-refractivity contribution in [2.24, 2.45) is 0 Å². The van der Waals surface area contributed by atoms with Gasteiger partial charge in [0.2, 0.25) is 0 Å². The number of non-ortho nitro benzene ring substituents is 3. The SMILES string of the molecule is Cc1ccc2c(c1)C(=O)c1cc([N+](=O)[O-])cc([N+](=O)[O-])c1-2.O=[N+]([O-])c1cccc([N+](=O)[O-])c1. The standard InChI is InChI=1S/C14H8N2O5.C6H4N2O4/c1-7-2-3-9-10(4-7)14(17)11-5-8(15(18)19)6-12(13(9)11)16(20)21;9-7(10)5-2-1-3-6(4-5)8(11)12/h2-6H,1H3;1-4H. The zero-order valence-electron chi connectivity index (χ0n) is 16.7. The van der Waals surface area contributed by atoms with Gasteiger partial charge in [-0.1, -0.05) is 17.7 Å². The van der Waals surface area contributed by atoms with E-state index in [1.165, 1.54) is 18.2 Å². The van der Waals surface area contributed by atoms with Crippen LogP contribution in [0.15, 0.2) is 54.6 Å². The van der Waals surface area contributed by atoms with Crippen molar-refractivity contribution in [3.63, 3.8) is 0 Å². The smallest absolute Gasteiger partial charge is 0.284 e. The fourth-order valence-electron chi connectivity index (χ4n) is 3.25. The van der Waals surface area contributed by atoms with Gasteiger partial charge in [0.1, 0.15) is 0 Å². The first kappa shape index (κ1) is 22.6. The molecule has 0 heterocycles. The van der Waals surface area contributed by atoms with Crippen molar-refractivity contribution in [2.75, 3.05) is 0 Å². The quantitative estimate of drug-likeness (QED) is 0.316. The Bertz CT molecular complexity index is 1340. The number of aryl methyl sites for hydroxylation is 1. The lowest BCUT2D eigenvalue weighted by molar-refractivity contribution is -0.394. The molecule has 0 atom stereocenters. The topological polar surface area (TPSA) is 190 Å². The first-order valence-electron chi connectivity index (χ1n) is 9.02. The summed E-state index contributed by atoms with van der Waals surface area (Å²) in [6.07, 6.45) is 0. The van der Waals surface area contributed by atoms with Gasteiger partial charge < -0.3 is 0 Å². The second-order valence-electron chi connectivity index (χ2n) is 6.81. The van der Waals surface area contributed by atoms with Crippen LogP contribution >= 0.6 is 0 Å². The summed E-state index contributed by atoms with van der Waals surface area (Å²) in [4.78, 5) is 51.9. The zero-order chi connectivity index (χ0) is 24.4. The van der Waals surface area contributed by atoms with Crippen LogP contribution in [0.25, 0.3) is 11.1 Å². The Morgan fingerprint density at radius 3 is 1.70 bits per heavy atom. The Morgan fingerprint density at radius 2 is 1.18 bits per heavy atom. The maximum Gasteiger partial charge on any atom is 0.284 e. The number of nitro groups is 4. The highest BCUT2D eigenvalue weighted by Gasteiger charge is 2.35. The minimum Gasteiger partial charge on any atom is -0.289 e. The van der Waals surface area contributed by atoms with Crippen molar-refractivity contribution in [1.29, 1.82) is 0 Å². The molecule has 13 nitrogen and oxygen atoms in total. The highest BCUT2D eigenvalue weighted by atomic mass is 16.6. The van der Waals surface area contributed by atoms with E-state index in [4.69, 9.17) is 0 Å². The third-order valence-corrected chi connectivity index (χ3v) is 4.69. The molecule has 1 aliphatic carbocycles. The number of fused-ring (bicyclic) bond motifs is 3. The van der Waals surface area contributed by atoms with Crippen LogP contribution in [-0.4, -0.2) is 25.5 Å². The molecular formula is C20H12N4O9. The second-order valence-corrected chi connectivity index (χ2v) is 6.81. The molecule has 0 saturated carbocycles. The van der Waals surface area contributed by atoms with E-state index in [1.54, 1.807) is 25.1 Å². The second kappa shape index (κ2) is 8.58. The van der Waals surface area contributed by atoms with Crippen LogP contribution in [0.1, 0.15) is 21.5 Å². The molecule has 0 aromatic heterocycles. The van der Waals surface area contributed by atoms with Crippen LogP contribution in [0, 0.1) is 47.4 Å². The van der Waals surface area contributed by atoms with Crippen LogP contribution in [0.3, 0.4) is 0 Å². The molecule has 0 N–H and O–H groups in total. The Balaban J connectivity index is 0.000000218. The van der Waals surface area contributed by atoms with E-state index in [9.17, 15) is 45.3 Å². The van der Waals surface area contributed by atoms with E-state index in [0.29, 0.717) is 11.1 Å². The summed E-state index contributed by atoms with van der Waals surface area (Å²) in [5.74, 6) is -0.421. The average Bonchev–Trinajstić information content (AvgIpc) is 3.05. The molecule has 13 heteroatoms. The van der Waals surface area contributed by atoms with Crippen molar-refractivity contribution in [2.45, 2.75) is 6.92 Å². The molecule has 0 fully saturated rings. The highest BCUT2D eigenvalue weighted by molar-refractivity contribution is 6.23. The lowest BCUT2D eigenvalue weighted by Crippen LogP contribution is -1.99. The molecule has 0 unspecified atom stereocenters. The van der Waals surface area contributed by atoms with Crippen molar-refractivity contribution in [3.05, 3.63) is 112 Å².